The number of rotatable bonds is 2. The number of hydrogen-bond donors (Lipinski definition) is 2. The predicted molar refractivity (Wildman–Crippen MR) is 53.3 cm³/mol. The highest BCUT2D eigenvalue weighted by Crippen LogP contribution is 2.14. The van der Waals surface area contributed by atoms with E-state index in [2.05, 4.69) is 10.3 Å². The quantitative estimate of drug-likeness (QED) is 0.649. The summed E-state index contributed by atoms with van der Waals surface area (Å²) in [6.07, 6.45) is 1.57. The summed E-state index contributed by atoms with van der Waals surface area (Å²) in [5, 5.41) is 2.68. The molecular formula is C9H7N3O2. The van der Waals surface area contributed by atoms with Crippen LogP contribution in [0, 0.1) is 0 Å². The zero-order valence-electron chi connectivity index (χ0n) is 7.15. The molecule has 2 aromatic rings. The van der Waals surface area contributed by atoms with Gasteiger partial charge in [-0.15, -0.1) is 0 Å². The first kappa shape index (κ1) is 8.43. The van der Waals surface area contributed by atoms with E-state index in [1.54, 1.807) is 24.4 Å². The van der Waals surface area contributed by atoms with Crippen molar-refractivity contribution in [2.45, 2.75) is 0 Å². The van der Waals surface area contributed by atoms with Crippen molar-refractivity contribution in [3.8, 4) is 0 Å². The van der Waals surface area contributed by atoms with Crippen molar-refractivity contribution in [1.82, 2.24) is 4.98 Å². The molecule has 3 N–H and O–H groups in total. The molecule has 0 bridgehead atoms. The number of nitrogens with zero attached hydrogens (tertiary/aromatic N) is 1. The molecule has 0 fully saturated rings. The molecule has 2 rings (SSSR count). The monoisotopic (exact) mass is 189 g/mol. The van der Waals surface area contributed by atoms with E-state index >= 15 is 0 Å². The van der Waals surface area contributed by atoms with E-state index in [4.69, 9.17) is 5.73 Å². The Morgan fingerprint density at radius 1 is 1.21 bits per heavy atom. The number of hydrogen-bond acceptors (Lipinski definition) is 5. The average molecular weight is 189 g/mol. The summed E-state index contributed by atoms with van der Waals surface area (Å²) in [5.74, 6) is 0.492. The van der Waals surface area contributed by atoms with Crippen LogP contribution in [0.5, 0.6) is 0 Å². The van der Waals surface area contributed by atoms with Crippen molar-refractivity contribution in [3.05, 3.63) is 44.8 Å². The fraction of sp³-hybridized carbons (Fsp3) is 0. The van der Waals surface area contributed by atoms with Gasteiger partial charge in [-0.05, 0) is 12.1 Å². The third kappa shape index (κ3) is 1.15. The van der Waals surface area contributed by atoms with Gasteiger partial charge in [-0.25, -0.2) is 4.98 Å². The van der Waals surface area contributed by atoms with Gasteiger partial charge >= 0.3 is 0 Å². The van der Waals surface area contributed by atoms with Gasteiger partial charge in [-0.1, -0.05) is 6.07 Å². The van der Waals surface area contributed by atoms with Crippen LogP contribution in [0.25, 0.3) is 0 Å². The Kier molecular flexibility index (Phi) is 1.78. The Balaban J connectivity index is 2.30. The van der Waals surface area contributed by atoms with Gasteiger partial charge in [0.15, 0.2) is 0 Å². The highest BCUT2D eigenvalue weighted by molar-refractivity contribution is 5.75. The smallest absolute Gasteiger partial charge is 0.253 e. The van der Waals surface area contributed by atoms with Crippen LogP contribution in [-0.4, -0.2) is 4.98 Å². The molecule has 5 nitrogen and oxygen atoms in total. The van der Waals surface area contributed by atoms with E-state index in [0.29, 0.717) is 5.82 Å². The molecule has 0 spiro atoms. The summed E-state index contributed by atoms with van der Waals surface area (Å²) in [6, 6.07) is 5.18. The maximum atomic E-state index is 11.0. The SMILES string of the molecule is Nc1c(Nc2ccccn2)c(=O)c1=O. The lowest BCUT2D eigenvalue weighted by Gasteiger charge is -2.08. The first-order chi connectivity index (χ1) is 6.70. The Morgan fingerprint density at radius 3 is 2.57 bits per heavy atom. The maximum absolute atomic E-state index is 11.0. The minimum atomic E-state index is -0.636. The van der Waals surface area contributed by atoms with E-state index in [0.717, 1.165) is 0 Å². The summed E-state index contributed by atoms with van der Waals surface area (Å²) in [6.45, 7) is 0. The van der Waals surface area contributed by atoms with E-state index in [1.165, 1.54) is 0 Å². The first-order valence-electron chi connectivity index (χ1n) is 3.97. The lowest BCUT2D eigenvalue weighted by Crippen LogP contribution is -2.36. The van der Waals surface area contributed by atoms with Crippen LogP contribution in [0.15, 0.2) is 34.0 Å². The zero-order valence-corrected chi connectivity index (χ0v) is 7.15. The van der Waals surface area contributed by atoms with Crippen LogP contribution in [0.1, 0.15) is 0 Å². The van der Waals surface area contributed by atoms with Crippen molar-refractivity contribution < 1.29 is 0 Å². The van der Waals surface area contributed by atoms with Crippen LogP contribution >= 0.6 is 0 Å². The van der Waals surface area contributed by atoms with Gasteiger partial charge in [-0.3, -0.25) is 9.59 Å². The predicted octanol–water partition coefficient (Wildman–Crippen LogP) is 0.00340. The van der Waals surface area contributed by atoms with Crippen molar-refractivity contribution >= 4 is 17.2 Å². The Hall–Kier alpha value is -2.17. The topological polar surface area (TPSA) is 85.1 Å². The molecule has 0 atom stereocenters. The van der Waals surface area contributed by atoms with Gasteiger partial charge in [0.1, 0.15) is 17.2 Å². The number of nitrogens with two attached hydrogens (primary N) is 1. The fourth-order valence-corrected chi connectivity index (χ4v) is 1.10. The highest BCUT2D eigenvalue weighted by Gasteiger charge is 2.17. The molecule has 0 aliphatic carbocycles. The Labute approximate surface area is 78.9 Å². The van der Waals surface area contributed by atoms with Gasteiger partial charge in [-0.2, -0.15) is 0 Å². The second kappa shape index (κ2) is 2.95. The normalized spacial score (nSPS) is 10.3. The molecule has 0 aliphatic rings. The van der Waals surface area contributed by atoms with Gasteiger partial charge in [0, 0.05) is 6.20 Å². The standard InChI is InChI=1S/C9H7N3O2/c10-6-7(9(14)8(6)13)12-5-3-1-2-4-11-5/h1-4H,10H2,(H,11,12). The minimum absolute atomic E-state index is 0.0272. The number of pyridine rings is 1. The van der Waals surface area contributed by atoms with Crippen LogP contribution in [-0.2, 0) is 0 Å². The molecule has 0 saturated heterocycles. The largest absolute Gasteiger partial charge is 0.394 e. The second-order valence-electron chi connectivity index (χ2n) is 2.79. The summed E-state index contributed by atoms with van der Waals surface area (Å²) in [7, 11) is 0. The summed E-state index contributed by atoms with van der Waals surface area (Å²) in [5.41, 5.74) is 4.20. The van der Waals surface area contributed by atoms with E-state index in [-0.39, 0.29) is 11.4 Å². The molecule has 0 unspecified atom stereocenters. The fourth-order valence-electron chi connectivity index (χ4n) is 1.10. The first-order valence-corrected chi connectivity index (χ1v) is 3.97. The van der Waals surface area contributed by atoms with E-state index in [1.807, 2.05) is 0 Å². The molecule has 14 heavy (non-hydrogen) atoms. The Morgan fingerprint density at radius 2 is 2.00 bits per heavy atom. The van der Waals surface area contributed by atoms with Crippen LogP contribution < -0.4 is 21.9 Å². The lowest BCUT2D eigenvalue weighted by atomic mass is 10.2. The van der Waals surface area contributed by atoms with Gasteiger partial charge in [0.05, 0.1) is 0 Å². The van der Waals surface area contributed by atoms with Crippen molar-refractivity contribution in [2.75, 3.05) is 11.1 Å². The molecule has 0 aliphatic heterocycles. The molecule has 0 amide bonds. The van der Waals surface area contributed by atoms with E-state index < -0.39 is 10.9 Å². The third-order valence-electron chi connectivity index (χ3n) is 1.87. The third-order valence-corrected chi connectivity index (χ3v) is 1.87. The summed E-state index contributed by atoms with van der Waals surface area (Å²) < 4.78 is 0. The maximum Gasteiger partial charge on any atom is 0.253 e. The molecule has 1 aromatic heterocycles. The van der Waals surface area contributed by atoms with Crippen molar-refractivity contribution in [3.63, 3.8) is 0 Å². The van der Waals surface area contributed by atoms with Crippen molar-refractivity contribution in [2.24, 2.45) is 0 Å². The number of anilines is 3. The molecule has 70 valence electrons. The highest BCUT2D eigenvalue weighted by atomic mass is 16.2. The van der Waals surface area contributed by atoms with Crippen LogP contribution in [0.4, 0.5) is 17.2 Å². The number of nitrogens with one attached hydrogen (secondary N) is 1. The van der Waals surface area contributed by atoms with Crippen molar-refractivity contribution in [1.29, 1.82) is 0 Å². The molecule has 1 heterocycles. The van der Waals surface area contributed by atoms with Gasteiger partial charge in [0.25, 0.3) is 10.9 Å². The summed E-state index contributed by atoms with van der Waals surface area (Å²) in [4.78, 5) is 25.7. The van der Waals surface area contributed by atoms with Gasteiger partial charge in [0.2, 0.25) is 0 Å². The number of nitrogen functional groups attached to an aromatic ring is 1. The lowest BCUT2D eigenvalue weighted by molar-refractivity contribution is 1.28. The molecule has 1 aromatic carbocycles. The van der Waals surface area contributed by atoms with Gasteiger partial charge < -0.3 is 11.1 Å². The Bertz CT molecular complexity index is 526. The minimum Gasteiger partial charge on any atom is -0.394 e. The second-order valence-corrected chi connectivity index (χ2v) is 2.79. The molecule has 0 saturated carbocycles. The molecule has 5 heteroatoms. The zero-order chi connectivity index (χ0) is 10.1. The summed E-state index contributed by atoms with van der Waals surface area (Å²) >= 11 is 0. The average Bonchev–Trinajstić information content (AvgIpc) is 2.26. The van der Waals surface area contributed by atoms with E-state index in [9.17, 15) is 9.59 Å². The van der Waals surface area contributed by atoms with Crippen LogP contribution in [0.3, 0.4) is 0 Å². The number of aromatic nitrogens is 1. The molecule has 0 radical (unpaired) electrons. The molecular weight excluding hydrogens is 182 g/mol. The van der Waals surface area contributed by atoms with Crippen LogP contribution in [0.2, 0.25) is 0 Å².